The van der Waals surface area contributed by atoms with Gasteiger partial charge in [0.1, 0.15) is 6.61 Å². The van der Waals surface area contributed by atoms with E-state index >= 15 is 0 Å². The molecule has 0 saturated carbocycles. The Kier molecular flexibility index (Phi) is 8.34. The number of aliphatic carboxylic acids is 1. The largest absolute Gasteiger partial charge is 0.480 e. The molecule has 0 radical (unpaired) electrons. The van der Waals surface area contributed by atoms with Crippen molar-refractivity contribution >= 4 is 23.5 Å². The van der Waals surface area contributed by atoms with Gasteiger partial charge in [0.2, 0.25) is 5.91 Å². The van der Waals surface area contributed by atoms with Crippen LogP contribution >= 0.6 is 11.6 Å². The molecule has 1 aromatic rings. The minimum Gasteiger partial charge on any atom is -0.480 e. The Morgan fingerprint density at radius 1 is 1.32 bits per heavy atom. The second-order valence-electron chi connectivity index (χ2n) is 10.1. The summed E-state index contributed by atoms with van der Waals surface area (Å²) in [7, 11) is 0. The van der Waals surface area contributed by atoms with Gasteiger partial charge in [-0.1, -0.05) is 65.3 Å². The Hall–Kier alpha value is -1.85. The predicted molar refractivity (Wildman–Crippen MR) is 124 cm³/mol. The number of carbonyl (C=O) groups is 2. The van der Waals surface area contributed by atoms with Crippen molar-refractivity contribution in [1.82, 2.24) is 4.90 Å². The number of benzene rings is 1. The van der Waals surface area contributed by atoms with Gasteiger partial charge in [-0.3, -0.25) is 4.79 Å². The SMILES string of the molecule is CC(C)C1=CN(CCOCC(=O)O)C(=O)CC1(C)c1ccc(CCC(C)(C)C)c(Cl)c1. The smallest absolute Gasteiger partial charge is 0.329 e. The number of nitrogens with zero attached hydrogens (tertiary/aromatic N) is 1. The van der Waals surface area contributed by atoms with Gasteiger partial charge in [0.15, 0.2) is 0 Å². The van der Waals surface area contributed by atoms with Gasteiger partial charge in [-0.15, -0.1) is 0 Å². The average Bonchev–Trinajstić information content (AvgIpc) is 2.64. The summed E-state index contributed by atoms with van der Waals surface area (Å²) in [6.07, 6.45) is 4.24. The van der Waals surface area contributed by atoms with Crippen molar-refractivity contribution in [3.8, 4) is 0 Å². The number of carboxylic acid groups (broad SMARTS) is 1. The van der Waals surface area contributed by atoms with Crippen molar-refractivity contribution in [2.24, 2.45) is 11.3 Å². The van der Waals surface area contributed by atoms with Gasteiger partial charge in [-0.25, -0.2) is 4.79 Å². The zero-order valence-corrected chi connectivity index (χ0v) is 20.4. The quantitative estimate of drug-likeness (QED) is 0.509. The maximum absolute atomic E-state index is 12.9. The van der Waals surface area contributed by atoms with E-state index in [-0.39, 0.29) is 30.5 Å². The van der Waals surface area contributed by atoms with E-state index in [0.29, 0.717) is 13.0 Å². The number of aryl methyl sites for hydroxylation is 1. The molecule has 6 heteroatoms. The third-order valence-corrected chi connectivity index (χ3v) is 6.27. The molecule has 31 heavy (non-hydrogen) atoms. The van der Waals surface area contributed by atoms with Crippen LogP contribution in [0.5, 0.6) is 0 Å². The molecule has 5 nitrogen and oxygen atoms in total. The minimum absolute atomic E-state index is 0.00115. The molecule has 1 atom stereocenters. The number of rotatable bonds is 9. The number of ether oxygens (including phenoxy) is 1. The zero-order chi connectivity index (χ0) is 23.4. The molecular weight excluding hydrogens is 414 g/mol. The van der Waals surface area contributed by atoms with Crippen LogP contribution in [0.15, 0.2) is 30.0 Å². The fourth-order valence-corrected chi connectivity index (χ4v) is 4.33. The summed E-state index contributed by atoms with van der Waals surface area (Å²) in [5.41, 5.74) is 3.15. The van der Waals surface area contributed by atoms with Gasteiger partial charge in [0.05, 0.1) is 6.61 Å². The van der Waals surface area contributed by atoms with Gasteiger partial charge >= 0.3 is 5.97 Å². The Morgan fingerprint density at radius 2 is 2.00 bits per heavy atom. The van der Waals surface area contributed by atoms with E-state index in [1.54, 1.807) is 4.90 Å². The van der Waals surface area contributed by atoms with Gasteiger partial charge in [-0.05, 0) is 46.9 Å². The van der Waals surface area contributed by atoms with Crippen LogP contribution in [0.25, 0.3) is 0 Å². The molecule has 1 aliphatic heterocycles. The van der Waals surface area contributed by atoms with Gasteiger partial charge < -0.3 is 14.7 Å². The molecule has 0 spiro atoms. The van der Waals surface area contributed by atoms with Crippen molar-refractivity contribution < 1.29 is 19.4 Å². The van der Waals surface area contributed by atoms with Crippen LogP contribution < -0.4 is 0 Å². The summed E-state index contributed by atoms with van der Waals surface area (Å²) in [5.74, 6) is -0.780. The highest BCUT2D eigenvalue weighted by atomic mass is 35.5. The average molecular weight is 450 g/mol. The van der Waals surface area contributed by atoms with Crippen LogP contribution in [0, 0.1) is 11.3 Å². The lowest BCUT2D eigenvalue weighted by Gasteiger charge is -2.41. The number of amides is 1. The summed E-state index contributed by atoms with van der Waals surface area (Å²) < 4.78 is 5.11. The van der Waals surface area contributed by atoms with E-state index in [2.05, 4.69) is 53.7 Å². The molecule has 172 valence electrons. The summed E-state index contributed by atoms with van der Waals surface area (Å²) in [6.45, 7) is 13.2. The lowest BCUT2D eigenvalue weighted by atomic mass is 9.68. The Morgan fingerprint density at radius 3 is 2.55 bits per heavy atom. The third kappa shape index (κ3) is 6.81. The van der Waals surface area contributed by atoms with E-state index in [9.17, 15) is 9.59 Å². The lowest BCUT2D eigenvalue weighted by molar-refractivity contribution is -0.142. The molecule has 0 bridgehead atoms. The van der Waals surface area contributed by atoms with Crippen LogP contribution in [0.1, 0.15) is 65.5 Å². The lowest BCUT2D eigenvalue weighted by Crippen LogP contribution is -2.43. The first kappa shape index (κ1) is 25.4. The van der Waals surface area contributed by atoms with Crippen molar-refractivity contribution in [3.05, 3.63) is 46.1 Å². The van der Waals surface area contributed by atoms with Crippen LogP contribution in [-0.2, 0) is 26.2 Å². The van der Waals surface area contributed by atoms with E-state index in [4.69, 9.17) is 21.4 Å². The van der Waals surface area contributed by atoms with Crippen LogP contribution in [0.4, 0.5) is 0 Å². The molecule has 0 saturated heterocycles. The number of carbonyl (C=O) groups excluding carboxylic acids is 1. The molecule has 1 N–H and O–H groups in total. The Bertz CT molecular complexity index is 840. The van der Waals surface area contributed by atoms with Crippen molar-refractivity contribution in [3.63, 3.8) is 0 Å². The minimum atomic E-state index is -1.02. The second kappa shape index (κ2) is 10.2. The van der Waals surface area contributed by atoms with E-state index in [1.807, 2.05) is 12.3 Å². The van der Waals surface area contributed by atoms with Gasteiger partial charge in [0.25, 0.3) is 0 Å². The number of carboxylic acids is 1. The van der Waals surface area contributed by atoms with Crippen molar-refractivity contribution in [2.45, 2.75) is 66.2 Å². The fraction of sp³-hybridized carbons (Fsp3) is 0.600. The molecule has 0 aliphatic carbocycles. The summed E-state index contributed by atoms with van der Waals surface area (Å²) >= 11 is 6.66. The fourth-order valence-electron chi connectivity index (χ4n) is 4.06. The monoisotopic (exact) mass is 449 g/mol. The molecule has 2 rings (SSSR count). The van der Waals surface area contributed by atoms with Crippen LogP contribution in [-0.4, -0.2) is 41.6 Å². The van der Waals surface area contributed by atoms with Gasteiger partial charge in [0, 0.05) is 29.6 Å². The van der Waals surface area contributed by atoms with Crippen molar-refractivity contribution in [1.29, 1.82) is 0 Å². The highest BCUT2D eigenvalue weighted by molar-refractivity contribution is 6.31. The Balaban J connectivity index is 2.26. The predicted octanol–water partition coefficient (Wildman–Crippen LogP) is 5.45. The topological polar surface area (TPSA) is 66.8 Å². The normalized spacial score (nSPS) is 19.7. The molecule has 1 amide bonds. The van der Waals surface area contributed by atoms with Crippen LogP contribution in [0.2, 0.25) is 5.02 Å². The maximum atomic E-state index is 12.9. The standard InChI is InChI=1S/C25H36ClNO4/c1-17(2)20-15-27(11-12-31-16-23(29)30)22(28)14-25(20,6)19-8-7-18(21(26)13-19)9-10-24(3,4)5/h7-8,13,15,17H,9-12,14,16H2,1-6H3,(H,29,30). The highest BCUT2D eigenvalue weighted by Gasteiger charge is 2.40. The number of hydrogen-bond acceptors (Lipinski definition) is 3. The third-order valence-electron chi connectivity index (χ3n) is 5.92. The summed E-state index contributed by atoms with van der Waals surface area (Å²) in [5, 5.41) is 9.45. The summed E-state index contributed by atoms with van der Waals surface area (Å²) in [6, 6.07) is 6.23. The molecule has 0 fully saturated rings. The number of allylic oxidation sites excluding steroid dienone is 1. The molecular formula is C25H36ClNO4. The summed E-state index contributed by atoms with van der Waals surface area (Å²) in [4.78, 5) is 25.2. The van der Waals surface area contributed by atoms with E-state index in [0.717, 1.165) is 34.6 Å². The van der Waals surface area contributed by atoms with E-state index < -0.39 is 11.4 Å². The first-order valence-electron chi connectivity index (χ1n) is 10.9. The highest BCUT2D eigenvalue weighted by Crippen LogP contribution is 2.43. The van der Waals surface area contributed by atoms with Crippen molar-refractivity contribution in [2.75, 3.05) is 19.8 Å². The number of hydrogen-bond donors (Lipinski definition) is 1. The number of halogens is 1. The first-order valence-corrected chi connectivity index (χ1v) is 11.3. The zero-order valence-electron chi connectivity index (χ0n) is 19.6. The second-order valence-corrected chi connectivity index (χ2v) is 10.6. The molecule has 1 aromatic carbocycles. The first-order chi connectivity index (χ1) is 14.3. The van der Waals surface area contributed by atoms with Crippen LogP contribution in [0.3, 0.4) is 0 Å². The maximum Gasteiger partial charge on any atom is 0.329 e. The Labute approximate surface area is 191 Å². The molecule has 0 aromatic heterocycles. The van der Waals surface area contributed by atoms with Gasteiger partial charge in [-0.2, -0.15) is 0 Å². The molecule has 1 unspecified atom stereocenters. The molecule has 1 heterocycles. The van der Waals surface area contributed by atoms with E-state index in [1.165, 1.54) is 0 Å². The molecule has 1 aliphatic rings.